The van der Waals surface area contributed by atoms with E-state index in [-0.39, 0.29) is 5.69 Å². The first-order valence-electron chi connectivity index (χ1n) is 5.76. The van der Waals surface area contributed by atoms with Gasteiger partial charge in [-0.05, 0) is 35.3 Å². The van der Waals surface area contributed by atoms with E-state index in [1.54, 1.807) is 13.0 Å². The number of halogens is 1. The van der Waals surface area contributed by atoms with Crippen molar-refractivity contribution < 1.29 is 14.8 Å². The van der Waals surface area contributed by atoms with Crippen molar-refractivity contribution in [3.63, 3.8) is 0 Å². The summed E-state index contributed by atoms with van der Waals surface area (Å²) < 4.78 is 0.608. The summed E-state index contributed by atoms with van der Waals surface area (Å²) in [6, 6.07) is 4.51. The van der Waals surface area contributed by atoms with Crippen LogP contribution in [0.5, 0.6) is 0 Å². The molecule has 6 nitrogen and oxygen atoms in total. The molecular weight excluding hydrogens is 316 g/mol. The van der Waals surface area contributed by atoms with Gasteiger partial charge in [-0.25, -0.2) is 0 Å². The predicted octanol–water partition coefficient (Wildman–Crippen LogP) is 2.66. The Labute approximate surface area is 118 Å². The van der Waals surface area contributed by atoms with Crippen LogP contribution < -0.4 is 4.90 Å². The number of carbonyl (C=O) groups is 1. The third-order valence-electron chi connectivity index (χ3n) is 3.47. The summed E-state index contributed by atoms with van der Waals surface area (Å²) in [6.07, 6.45) is 0.561. The number of nitro groups is 1. The highest BCUT2D eigenvalue weighted by atomic mass is 79.9. The summed E-state index contributed by atoms with van der Waals surface area (Å²) in [5.41, 5.74) is 0.0349. The fourth-order valence-corrected chi connectivity index (χ4v) is 2.82. The van der Waals surface area contributed by atoms with Gasteiger partial charge in [-0.2, -0.15) is 0 Å². The number of nitro benzene ring substituents is 1. The van der Waals surface area contributed by atoms with Gasteiger partial charge in [0.15, 0.2) is 0 Å². The summed E-state index contributed by atoms with van der Waals surface area (Å²) in [4.78, 5) is 23.3. The zero-order valence-electron chi connectivity index (χ0n) is 10.3. The molecule has 0 spiro atoms. The van der Waals surface area contributed by atoms with Gasteiger partial charge in [0, 0.05) is 29.7 Å². The summed E-state index contributed by atoms with van der Waals surface area (Å²) in [6.45, 7) is 2.74. The molecule has 0 bridgehead atoms. The van der Waals surface area contributed by atoms with Crippen LogP contribution in [0.15, 0.2) is 22.7 Å². The molecule has 1 aliphatic rings. The van der Waals surface area contributed by atoms with E-state index < -0.39 is 16.3 Å². The lowest BCUT2D eigenvalue weighted by atomic mass is 9.90. The Bertz CT molecular complexity index is 549. The van der Waals surface area contributed by atoms with Crippen molar-refractivity contribution in [1.82, 2.24) is 0 Å². The van der Waals surface area contributed by atoms with Gasteiger partial charge >= 0.3 is 5.97 Å². The number of aliphatic carboxylic acids is 1. The van der Waals surface area contributed by atoms with Crippen molar-refractivity contribution in [3.05, 3.63) is 32.8 Å². The molecule has 1 atom stereocenters. The summed E-state index contributed by atoms with van der Waals surface area (Å²) in [5.74, 6) is -0.812. The number of nitrogens with zero attached hydrogens (tertiary/aromatic N) is 2. The van der Waals surface area contributed by atoms with E-state index in [1.165, 1.54) is 12.1 Å². The average molecular weight is 329 g/mol. The zero-order chi connectivity index (χ0) is 14.2. The molecule has 1 aliphatic heterocycles. The Morgan fingerprint density at radius 1 is 1.58 bits per heavy atom. The van der Waals surface area contributed by atoms with Crippen LogP contribution in [-0.4, -0.2) is 29.1 Å². The molecule has 0 aromatic heterocycles. The third-order valence-corrected chi connectivity index (χ3v) is 4.11. The smallest absolute Gasteiger partial charge is 0.311 e. The van der Waals surface area contributed by atoms with Crippen LogP contribution in [0.3, 0.4) is 0 Å². The lowest BCUT2D eigenvalue weighted by Gasteiger charge is -2.22. The van der Waals surface area contributed by atoms with Gasteiger partial charge < -0.3 is 10.0 Å². The van der Waals surface area contributed by atoms with Crippen LogP contribution in [0.1, 0.15) is 13.3 Å². The number of carboxylic acids is 1. The number of anilines is 1. The van der Waals surface area contributed by atoms with Crippen LogP contribution in [0.4, 0.5) is 11.4 Å². The van der Waals surface area contributed by atoms with E-state index in [4.69, 9.17) is 0 Å². The Hall–Kier alpha value is -1.63. The van der Waals surface area contributed by atoms with Gasteiger partial charge in [0.05, 0.1) is 16.0 Å². The number of benzene rings is 1. The monoisotopic (exact) mass is 328 g/mol. The molecule has 102 valence electrons. The molecule has 1 saturated heterocycles. The first kappa shape index (κ1) is 13.8. The number of non-ortho nitro benzene ring substituents is 1. The molecule has 0 aliphatic carbocycles. The van der Waals surface area contributed by atoms with Crippen molar-refractivity contribution in [3.8, 4) is 0 Å². The van der Waals surface area contributed by atoms with Crippen LogP contribution >= 0.6 is 15.9 Å². The van der Waals surface area contributed by atoms with Gasteiger partial charge in [-0.3, -0.25) is 14.9 Å². The maximum atomic E-state index is 11.2. The quantitative estimate of drug-likeness (QED) is 0.681. The molecule has 0 radical (unpaired) electrons. The highest BCUT2D eigenvalue weighted by Gasteiger charge is 2.41. The lowest BCUT2D eigenvalue weighted by molar-refractivity contribution is -0.384. The molecule has 0 amide bonds. The van der Waals surface area contributed by atoms with E-state index in [1.807, 2.05) is 4.90 Å². The highest BCUT2D eigenvalue weighted by molar-refractivity contribution is 9.10. The minimum Gasteiger partial charge on any atom is -0.481 e. The molecule has 1 aromatic carbocycles. The van der Waals surface area contributed by atoms with Crippen molar-refractivity contribution in [2.75, 3.05) is 18.0 Å². The number of hydrogen-bond donors (Lipinski definition) is 1. The van der Waals surface area contributed by atoms with Gasteiger partial charge in [0.25, 0.3) is 5.69 Å². The summed E-state index contributed by atoms with van der Waals surface area (Å²) >= 11 is 3.31. The standard InChI is InChI=1S/C12H13BrN2O4/c1-12(11(16)17)4-5-14(7-12)10-3-2-8(15(18)19)6-9(10)13/h2-3,6H,4-5,7H2,1H3,(H,16,17). The second-order valence-electron chi connectivity index (χ2n) is 4.93. The van der Waals surface area contributed by atoms with E-state index in [2.05, 4.69) is 15.9 Å². The zero-order valence-corrected chi connectivity index (χ0v) is 11.9. The van der Waals surface area contributed by atoms with Gasteiger partial charge in [0.1, 0.15) is 0 Å². The van der Waals surface area contributed by atoms with E-state index in [0.29, 0.717) is 24.0 Å². The summed E-state index contributed by atoms with van der Waals surface area (Å²) in [7, 11) is 0. The topological polar surface area (TPSA) is 83.7 Å². The fraction of sp³-hybridized carbons (Fsp3) is 0.417. The van der Waals surface area contributed by atoms with Crippen LogP contribution in [-0.2, 0) is 4.79 Å². The first-order chi connectivity index (χ1) is 8.83. The van der Waals surface area contributed by atoms with Crippen molar-refractivity contribution in [1.29, 1.82) is 0 Å². The molecule has 1 fully saturated rings. The van der Waals surface area contributed by atoms with Crippen molar-refractivity contribution in [2.45, 2.75) is 13.3 Å². The van der Waals surface area contributed by atoms with E-state index in [9.17, 15) is 20.0 Å². The number of hydrogen-bond acceptors (Lipinski definition) is 4. The minimum atomic E-state index is -0.812. The first-order valence-corrected chi connectivity index (χ1v) is 6.55. The Kier molecular flexibility index (Phi) is 3.49. The lowest BCUT2D eigenvalue weighted by Crippen LogP contribution is -2.31. The largest absolute Gasteiger partial charge is 0.481 e. The highest BCUT2D eigenvalue weighted by Crippen LogP contribution is 2.37. The van der Waals surface area contributed by atoms with E-state index in [0.717, 1.165) is 5.69 Å². The van der Waals surface area contributed by atoms with Crippen molar-refractivity contribution >= 4 is 33.3 Å². The van der Waals surface area contributed by atoms with Crippen LogP contribution in [0.25, 0.3) is 0 Å². The molecule has 1 aromatic rings. The molecule has 2 rings (SSSR count). The SMILES string of the molecule is CC1(C(=O)O)CCN(c2ccc([N+](=O)[O-])cc2Br)C1. The van der Waals surface area contributed by atoms with Crippen LogP contribution in [0.2, 0.25) is 0 Å². The minimum absolute atomic E-state index is 0.0100. The number of rotatable bonds is 3. The number of carboxylic acid groups (broad SMARTS) is 1. The predicted molar refractivity (Wildman–Crippen MR) is 73.4 cm³/mol. The molecule has 1 heterocycles. The van der Waals surface area contributed by atoms with Crippen molar-refractivity contribution in [2.24, 2.45) is 5.41 Å². The molecule has 19 heavy (non-hydrogen) atoms. The van der Waals surface area contributed by atoms with Gasteiger partial charge in [0.2, 0.25) is 0 Å². The van der Waals surface area contributed by atoms with E-state index >= 15 is 0 Å². The fourth-order valence-electron chi connectivity index (χ4n) is 2.21. The Balaban J connectivity index is 2.25. The maximum absolute atomic E-state index is 11.2. The van der Waals surface area contributed by atoms with Gasteiger partial charge in [-0.1, -0.05) is 0 Å². The Morgan fingerprint density at radius 3 is 2.74 bits per heavy atom. The molecule has 7 heteroatoms. The second-order valence-corrected chi connectivity index (χ2v) is 5.78. The average Bonchev–Trinajstić information content (AvgIpc) is 2.73. The molecular formula is C12H13BrN2O4. The molecule has 0 saturated carbocycles. The van der Waals surface area contributed by atoms with Crippen LogP contribution in [0, 0.1) is 15.5 Å². The molecule has 1 N–H and O–H groups in total. The molecule has 1 unspecified atom stereocenters. The Morgan fingerprint density at radius 2 is 2.26 bits per heavy atom. The second kappa shape index (κ2) is 4.80. The third kappa shape index (κ3) is 2.56. The maximum Gasteiger partial charge on any atom is 0.311 e. The normalized spacial score (nSPS) is 22.5. The van der Waals surface area contributed by atoms with Gasteiger partial charge in [-0.15, -0.1) is 0 Å². The summed E-state index contributed by atoms with van der Waals surface area (Å²) in [5, 5.41) is 19.9.